The van der Waals surface area contributed by atoms with Crippen LogP contribution in [-0.2, 0) is 16.6 Å². The van der Waals surface area contributed by atoms with Crippen molar-refractivity contribution in [1.82, 2.24) is 15.1 Å². The van der Waals surface area contributed by atoms with Crippen molar-refractivity contribution in [2.75, 3.05) is 13.2 Å². The van der Waals surface area contributed by atoms with Gasteiger partial charge < -0.3 is 15.8 Å². The van der Waals surface area contributed by atoms with Gasteiger partial charge in [0, 0.05) is 32.0 Å². The number of ether oxygens (including phenoxy) is 1. The molecule has 2 heterocycles. The van der Waals surface area contributed by atoms with Gasteiger partial charge in [0.15, 0.2) is 0 Å². The molecule has 1 aliphatic heterocycles. The monoisotopic (exact) mass is 238 g/mol. The second kappa shape index (κ2) is 5.29. The van der Waals surface area contributed by atoms with Crippen molar-refractivity contribution in [2.45, 2.75) is 25.0 Å². The number of hydrogen-bond acceptors (Lipinski definition) is 4. The van der Waals surface area contributed by atoms with Crippen molar-refractivity contribution < 1.29 is 9.53 Å². The van der Waals surface area contributed by atoms with Crippen LogP contribution < -0.4 is 11.1 Å². The summed E-state index contributed by atoms with van der Waals surface area (Å²) in [6.07, 6.45) is 5.56. The van der Waals surface area contributed by atoms with Crippen LogP contribution in [0.15, 0.2) is 12.4 Å². The van der Waals surface area contributed by atoms with Crippen LogP contribution in [0.25, 0.3) is 0 Å². The summed E-state index contributed by atoms with van der Waals surface area (Å²) in [4.78, 5) is 11.8. The SMILES string of the molecule is Cn1cc(C(N)C(=O)NCC2CCCO2)cn1. The molecule has 3 N–H and O–H groups in total. The molecule has 1 amide bonds. The molecule has 2 atom stereocenters. The third-order valence-corrected chi connectivity index (χ3v) is 2.89. The number of nitrogens with zero attached hydrogens (tertiary/aromatic N) is 2. The van der Waals surface area contributed by atoms with Crippen LogP contribution in [0.5, 0.6) is 0 Å². The van der Waals surface area contributed by atoms with Crippen molar-refractivity contribution in [2.24, 2.45) is 12.8 Å². The Kier molecular flexibility index (Phi) is 3.75. The normalized spacial score (nSPS) is 21.4. The van der Waals surface area contributed by atoms with Gasteiger partial charge in [0.1, 0.15) is 6.04 Å². The van der Waals surface area contributed by atoms with Crippen LogP contribution >= 0.6 is 0 Å². The Labute approximate surface area is 100 Å². The van der Waals surface area contributed by atoms with Crippen LogP contribution in [0.1, 0.15) is 24.4 Å². The van der Waals surface area contributed by atoms with Crippen molar-refractivity contribution >= 4 is 5.91 Å². The van der Waals surface area contributed by atoms with E-state index in [1.807, 2.05) is 0 Å². The standard InChI is InChI=1S/C11H18N4O2/c1-15-7-8(5-14-15)10(12)11(16)13-6-9-3-2-4-17-9/h5,7,9-10H,2-4,6,12H2,1H3,(H,13,16). The molecule has 0 radical (unpaired) electrons. The molecule has 0 aromatic carbocycles. The summed E-state index contributed by atoms with van der Waals surface area (Å²) < 4.78 is 7.05. The van der Waals surface area contributed by atoms with Gasteiger partial charge in [-0.2, -0.15) is 5.10 Å². The molecule has 1 aromatic heterocycles. The van der Waals surface area contributed by atoms with Gasteiger partial charge in [-0.05, 0) is 12.8 Å². The third-order valence-electron chi connectivity index (χ3n) is 2.89. The predicted octanol–water partition coefficient (Wildman–Crippen LogP) is -0.285. The third kappa shape index (κ3) is 3.04. The highest BCUT2D eigenvalue weighted by Crippen LogP contribution is 2.12. The highest BCUT2D eigenvalue weighted by Gasteiger charge is 2.20. The molecular formula is C11H18N4O2. The molecular weight excluding hydrogens is 220 g/mol. The van der Waals surface area contributed by atoms with E-state index in [1.54, 1.807) is 24.1 Å². The summed E-state index contributed by atoms with van der Waals surface area (Å²) in [6.45, 7) is 1.32. The number of rotatable bonds is 4. The van der Waals surface area contributed by atoms with Gasteiger partial charge in [-0.15, -0.1) is 0 Å². The van der Waals surface area contributed by atoms with E-state index < -0.39 is 6.04 Å². The van der Waals surface area contributed by atoms with Crippen LogP contribution in [0.2, 0.25) is 0 Å². The number of nitrogens with two attached hydrogens (primary N) is 1. The van der Waals surface area contributed by atoms with E-state index in [-0.39, 0.29) is 12.0 Å². The van der Waals surface area contributed by atoms with Gasteiger partial charge in [-0.1, -0.05) is 0 Å². The molecule has 6 heteroatoms. The second-order valence-corrected chi connectivity index (χ2v) is 4.31. The van der Waals surface area contributed by atoms with E-state index in [4.69, 9.17) is 10.5 Å². The number of carbonyl (C=O) groups excluding carboxylic acids is 1. The maximum absolute atomic E-state index is 11.8. The minimum absolute atomic E-state index is 0.139. The van der Waals surface area contributed by atoms with Crippen molar-refractivity contribution in [1.29, 1.82) is 0 Å². The minimum Gasteiger partial charge on any atom is -0.376 e. The Morgan fingerprint density at radius 3 is 3.24 bits per heavy atom. The van der Waals surface area contributed by atoms with Crippen LogP contribution in [0.4, 0.5) is 0 Å². The lowest BCUT2D eigenvalue weighted by Crippen LogP contribution is -2.38. The second-order valence-electron chi connectivity index (χ2n) is 4.31. The molecule has 0 spiro atoms. The number of hydrogen-bond donors (Lipinski definition) is 2. The molecule has 94 valence electrons. The van der Waals surface area contributed by atoms with Gasteiger partial charge in [-0.3, -0.25) is 9.48 Å². The molecule has 17 heavy (non-hydrogen) atoms. The van der Waals surface area contributed by atoms with Crippen LogP contribution in [-0.4, -0.2) is 34.9 Å². The molecule has 6 nitrogen and oxygen atoms in total. The van der Waals surface area contributed by atoms with E-state index >= 15 is 0 Å². The highest BCUT2D eigenvalue weighted by atomic mass is 16.5. The molecule has 1 aromatic rings. The smallest absolute Gasteiger partial charge is 0.241 e. The molecule has 2 rings (SSSR count). The molecule has 1 aliphatic rings. The maximum atomic E-state index is 11.8. The zero-order chi connectivity index (χ0) is 12.3. The quantitative estimate of drug-likeness (QED) is 0.755. The molecule has 2 unspecified atom stereocenters. The van der Waals surface area contributed by atoms with Crippen molar-refractivity contribution in [3.63, 3.8) is 0 Å². The van der Waals surface area contributed by atoms with E-state index in [0.717, 1.165) is 25.0 Å². The average molecular weight is 238 g/mol. The zero-order valence-corrected chi connectivity index (χ0v) is 9.93. The number of carbonyl (C=O) groups is 1. The average Bonchev–Trinajstić information content (AvgIpc) is 2.95. The van der Waals surface area contributed by atoms with Crippen molar-refractivity contribution in [3.05, 3.63) is 18.0 Å². The molecule has 0 bridgehead atoms. The number of aryl methyl sites for hydroxylation is 1. The highest BCUT2D eigenvalue weighted by molar-refractivity contribution is 5.82. The summed E-state index contributed by atoms with van der Waals surface area (Å²) in [7, 11) is 1.79. The fourth-order valence-electron chi connectivity index (χ4n) is 1.88. The van der Waals surface area contributed by atoms with E-state index in [0.29, 0.717) is 6.54 Å². The Bertz CT molecular complexity index is 385. The Balaban J connectivity index is 1.82. The zero-order valence-electron chi connectivity index (χ0n) is 9.93. The molecule has 1 fully saturated rings. The number of aromatic nitrogens is 2. The Morgan fingerprint density at radius 2 is 2.65 bits per heavy atom. The van der Waals surface area contributed by atoms with Gasteiger partial charge in [0.25, 0.3) is 0 Å². The first-order valence-corrected chi connectivity index (χ1v) is 5.80. The lowest BCUT2D eigenvalue weighted by atomic mass is 10.1. The predicted molar refractivity (Wildman–Crippen MR) is 62.1 cm³/mol. The van der Waals surface area contributed by atoms with Crippen LogP contribution in [0.3, 0.4) is 0 Å². The lowest BCUT2D eigenvalue weighted by molar-refractivity contribution is -0.123. The summed E-state index contributed by atoms with van der Waals surface area (Å²) in [6, 6.07) is -0.662. The summed E-state index contributed by atoms with van der Waals surface area (Å²) >= 11 is 0. The van der Waals surface area contributed by atoms with E-state index in [1.165, 1.54) is 0 Å². The van der Waals surface area contributed by atoms with Gasteiger partial charge in [-0.25, -0.2) is 0 Å². The largest absolute Gasteiger partial charge is 0.376 e. The fourth-order valence-corrected chi connectivity index (χ4v) is 1.88. The van der Waals surface area contributed by atoms with E-state index in [2.05, 4.69) is 10.4 Å². The molecule has 1 saturated heterocycles. The fraction of sp³-hybridized carbons (Fsp3) is 0.636. The van der Waals surface area contributed by atoms with Crippen molar-refractivity contribution in [3.8, 4) is 0 Å². The van der Waals surface area contributed by atoms with Gasteiger partial charge in [0.05, 0.1) is 12.3 Å². The topological polar surface area (TPSA) is 82.2 Å². The lowest BCUT2D eigenvalue weighted by Gasteiger charge is -2.13. The van der Waals surface area contributed by atoms with Crippen LogP contribution in [0, 0.1) is 0 Å². The Morgan fingerprint density at radius 1 is 1.82 bits per heavy atom. The van der Waals surface area contributed by atoms with E-state index in [9.17, 15) is 4.79 Å². The van der Waals surface area contributed by atoms with Gasteiger partial charge in [0.2, 0.25) is 5.91 Å². The molecule has 0 aliphatic carbocycles. The van der Waals surface area contributed by atoms with Gasteiger partial charge >= 0.3 is 0 Å². The Hall–Kier alpha value is -1.40. The maximum Gasteiger partial charge on any atom is 0.241 e. The number of nitrogens with one attached hydrogen (secondary N) is 1. The first-order chi connectivity index (χ1) is 8.16. The first kappa shape index (κ1) is 12.1. The summed E-state index contributed by atoms with van der Waals surface area (Å²) in [5.74, 6) is -0.187. The summed E-state index contributed by atoms with van der Waals surface area (Å²) in [5.41, 5.74) is 6.55. The number of amides is 1. The summed E-state index contributed by atoms with van der Waals surface area (Å²) in [5, 5.41) is 6.80. The minimum atomic E-state index is -0.662. The molecule has 0 saturated carbocycles. The first-order valence-electron chi connectivity index (χ1n) is 5.80.